The Morgan fingerprint density at radius 1 is 1.06 bits per heavy atom. The van der Waals surface area contributed by atoms with Gasteiger partial charge in [0.1, 0.15) is 0 Å². The molecule has 0 aliphatic heterocycles. The molecule has 4 rings (SSSR count). The zero-order valence-corrected chi connectivity index (χ0v) is 20.3. The lowest BCUT2D eigenvalue weighted by molar-refractivity contribution is -0.136. The molecule has 2 aromatic heterocycles. The molecule has 0 saturated heterocycles. The van der Waals surface area contributed by atoms with Crippen LogP contribution in [0, 0.1) is 6.92 Å². The van der Waals surface area contributed by atoms with E-state index in [4.69, 9.17) is 9.47 Å². The van der Waals surface area contributed by atoms with Crippen LogP contribution in [0.2, 0.25) is 0 Å². The number of hydrogen-bond acceptors (Lipinski definition) is 6. The molecule has 0 spiro atoms. The maximum atomic E-state index is 12.4. The molecule has 0 radical (unpaired) electrons. The number of nitrogens with one attached hydrogen (secondary N) is 2. The van der Waals surface area contributed by atoms with Crippen LogP contribution in [0.4, 0.5) is 5.13 Å². The molecule has 0 unspecified atom stereocenters. The van der Waals surface area contributed by atoms with Gasteiger partial charge in [0.2, 0.25) is 0 Å². The van der Waals surface area contributed by atoms with Crippen LogP contribution in [0.15, 0.2) is 47.8 Å². The van der Waals surface area contributed by atoms with Crippen LogP contribution in [0.3, 0.4) is 0 Å². The van der Waals surface area contributed by atoms with Gasteiger partial charge >= 0.3 is 11.8 Å². The minimum atomic E-state index is -0.747. The second-order valence-corrected chi connectivity index (χ2v) is 8.58. The summed E-state index contributed by atoms with van der Waals surface area (Å²) in [6.07, 6.45) is 0.543. The molecule has 0 atom stereocenters. The predicted molar refractivity (Wildman–Crippen MR) is 134 cm³/mol. The topological polar surface area (TPSA) is 94.5 Å². The fraction of sp³-hybridized carbons (Fsp3) is 0.240. The molecule has 176 valence electrons. The van der Waals surface area contributed by atoms with Gasteiger partial charge < -0.3 is 19.4 Å². The fourth-order valence-corrected chi connectivity index (χ4v) is 4.58. The Labute approximate surface area is 201 Å². The van der Waals surface area contributed by atoms with E-state index in [1.165, 1.54) is 11.3 Å². The number of carbonyl (C=O) groups excluding carboxylic acids is 2. The van der Waals surface area contributed by atoms with Gasteiger partial charge in [0, 0.05) is 41.1 Å². The normalized spacial score (nSPS) is 10.8. The summed E-state index contributed by atoms with van der Waals surface area (Å²) in [5.41, 5.74) is 4.94. The Balaban J connectivity index is 1.37. The van der Waals surface area contributed by atoms with Crippen LogP contribution in [-0.2, 0) is 23.1 Å². The first-order chi connectivity index (χ1) is 16.4. The van der Waals surface area contributed by atoms with Crippen LogP contribution < -0.4 is 20.1 Å². The summed E-state index contributed by atoms with van der Waals surface area (Å²) in [5, 5.41) is 8.61. The van der Waals surface area contributed by atoms with Crippen molar-refractivity contribution in [2.24, 2.45) is 7.05 Å². The number of aryl methyl sites for hydroxylation is 1. The van der Waals surface area contributed by atoms with Crippen LogP contribution in [0.5, 0.6) is 11.5 Å². The SMILES string of the molecule is COc1ccc(CCNC(=O)C(=O)Nc2nc(-c3c(C)n(C)c4ccccc34)cs2)cc1OC. The summed E-state index contributed by atoms with van der Waals surface area (Å²) in [5.74, 6) is -0.206. The molecule has 9 heteroatoms. The Hall–Kier alpha value is -3.85. The number of carbonyl (C=O) groups is 2. The van der Waals surface area contributed by atoms with Gasteiger partial charge in [-0.25, -0.2) is 4.98 Å². The van der Waals surface area contributed by atoms with Crippen molar-refractivity contribution in [2.75, 3.05) is 26.1 Å². The molecule has 0 aliphatic carbocycles. The summed E-state index contributed by atoms with van der Waals surface area (Å²) >= 11 is 1.29. The number of methoxy groups -OCH3 is 2. The molecule has 2 aromatic carbocycles. The highest BCUT2D eigenvalue weighted by atomic mass is 32.1. The Morgan fingerprint density at radius 3 is 2.59 bits per heavy atom. The molecule has 0 bridgehead atoms. The fourth-order valence-electron chi connectivity index (χ4n) is 3.88. The summed E-state index contributed by atoms with van der Waals surface area (Å²) in [6, 6.07) is 13.7. The van der Waals surface area contributed by atoms with Crippen LogP contribution >= 0.6 is 11.3 Å². The molecule has 2 amide bonds. The first kappa shape index (κ1) is 23.3. The number of rotatable bonds is 7. The molecule has 0 saturated carbocycles. The molecular formula is C25H26N4O4S. The van der Waals surface area contributed by atoms with Crippen molar-refractivity contribution in [3.05, 3.63) is 59.1 Å². The van der Waals surface area contributed by atoms with Crippen molar-refractivity contribution >= 4 is 39.2 Å². The third kappa shape index (κ3) is 4.60. The second kappa shape index (κ2) is 9.96. The maximum Gasteiger partial charge on any atom is 0.315 e. The Kier molecular flexibility index (Phi) is 6.83. The number of para-hydroxylation sites is 1. The highest BCUT2D eigenvalue weighted by Gasteiger charge is 2.19. The summed E-state index contributed by atoms with van der Waals surface area (Å²) in [6.45, 7) is 2.35. The Bertz CT molecular complexity index is 1360. The minimum absolute atomic E-state index is 0.306. The number of thiazole rings is 1. The number of aromatic nitrogens is 2. The molecule has 4 aromatic rings. The van der Waals surface area contributed by atoms with Crippen LogP contribution in [-0.4, -0.2) is 42.1 Å². The van der Waals surface area contributed by atoms with E-state index in [0.717, 1.165) is 33.4 Å². The highest BCUT2D eigenvalue weighted by Crippen LogP contribution is 2.35. The second-order valence-electron chi connectivity index (χ2n) is 7.72. The number of hydrogen-bond donors (Lipinski definition) is 2. The average Bonchev–Trinajstić information content (AvgIpc) is 3.40. The van der Waals surface area contributed by atoms with E-state index in [0.29, 0.717) is 29.6 Å². The third-order valence-electron chi connectivity index (χ3n) is 5.73. The first-order valence-electron chi connectivity index (χ1n) is 10.7. The van der Waals surface area contributed by atoms with Gasteiger partial charge in [-0.1, -0.05) is 24.3 Å². The molecule has 34 heavy (non-hydrogen) atoms. The first-order valence-corrected chi connectivity index (χ1v) is 11.6. The highest BCUT2D eigenvalue weighted by molar-refractivity contribution is 7.14. The molecule has 8 nitrogen and oxygen atoms in total. The molecule has 2 N–H and O–H groups in total. The largest absolute Gasteiger partial charge is 0.493 e. The number of benzene rings is 2. The average molecular weight is 479 g/mol. The van der Waals surface area contributed by atoms with E-state index in [2.05, 4.69) is 32.3 Å². The van der Waals surface area contributed by atoms with E-state index >= 15 is 0 Å². The molecule has 2 heterocycles. The maximum absolute atomic E-state index is 12.4. The zero-order valence-electron chi connectivity index (χ0n) is 19.5. The lowest BCUT2D eigenvalue weighted by atomic mass is 10.1. The van der Waals surface area contributed by atoms with Gasteiger partial charge in [0.25, 0.3) is 0 Å². The van der Waals surface area contributed by atoms with Crippen molar-refractivity contribution in [1.82, 2.24) is 14.9 Å². The molecule has 0 fully saturated rings. The van der Waals surface area contributed by atoms with Crippen molar-refractivity contribution in [3.63, 3.8) is 0 Å². The van der Waals surface area contributed by atoms with E-state index in [9.17, 15) is 9.59 Å². The molecular weight excluding hydrogens is 452 g/mol. The zero-order chi connectivity index (χ0) is 24.2. The third-order valence-corrected chi connectivity index (χ3v) is 6.49. The van der Waals surface area contributed by atoms with Crippen molar-refractivity contribution in [3.8, 4) is 22.8 Å². The van der Waals surface area contributed by atoms with E-state index in [1.54, 1.807) is 20.3 Å². The van der Waals surface area contributed by atoms with Gasteiger partial charge in [0.05, 0.1) is 19.9 Å². The number of amides is 2. The summed E-state index contributed by atoms with van der Waals surface area (Å²) < 4.78 is 12.6. The smallest absolute Gasteiger partial charge is 0.315 e. The lowest BCUT2D eigenvalue weighted by Crippen LogP contribution is -2.36. The van der Waals surface area contributed by atoms with Gasteiger partial charge in [-0.3, -0.25) is 14.9 Å². The number of nitrogens with zero attached hydrogens (tertiary/aromatic N) is 2. The number of ether oxygens (including phenoxy) is 2. The van der Waals surface area contributed by atoms with Gasteiger partial charge in [0.15, 0.2) is 16.6 Å². The van der Waals surface area contributed by atoms with Gasteiger partial charge in [-0.05, 0) is 37.1 Å². The van der Waals surface area contributed by atoms with Gasteiger partial charge in [-0.15, -0.1) is 11.3 Å². The van der Waals surface area contributed by atoms with Crippen molar-refractivity contribution < 1.29 is 19.1 Å². The Morgan fingerprint density at radius 2 is 1.82 bits per heavy atom. The van der Waals surface area contributed by atoms with Crippen molar-refractivity contribution in [2.45, 2.75) is 13.3 Å². The lowest BCUT2D eigenvalue weighted by Gasteiger charge is -2.10. The summed E-state index contributed by atoms with van der Waals surface area (Å²) in [7, 11) is 5.16. The van der Waals surface area contributed by atoms with Crippen LogP contribution in [0.25, 0.3) is 22.2 Å². The molecule has 0 aliphatic rings. The van der Waals surface area contributed by atoms with Gasteiger partial charge in [-0.2, -0.15) is 0 Å². The predicted octanol–water partition coefficient (Wildman–Crippen LogP) is 3.92. The number of fused-ring (bicyclic) bond motifs is 1. The van der Waals surface area contributed by atoms with E-state index in [-0.39, 0.29) is 0 Å². The monoisotopic (exact) mass is 478 g/mol. The van der Waals surface area contributed by atoms with Crippen molar-refractivity contribution in [1.29, 1.82) is 0 Å². The minimum Gasteiger partial charge on any atom is -0.493 e. The standard InChI is InChI=1S/C25H26N4O4S/c1-15-22(17-7-5-6-8-19(17)29(15)2)18-14-34-25(27-18)28-24(31)23(30)26-12-11-16-9-10-20(32-3)21(13-16)33-4/h5-10,13-14H,11-12H2,1-4H3,(H,26,30)(H,27,28,31). The number of anilines is 1. The quantitative estimate of drug-likeness (QED) is 0.393. The van der Waals surface area contributed by atoms with E-state index in [1.807, 2.05) is 43.6 Å². The van der Waals surface area contributed by atoms with Crippen LogP contribution in [0.1, 0.15) is 11.3 Å². The van der Waals surface area contributed by atoms with E-state index < -0.39 is 11.8 Å². The summed E-state index contributed by atoms with van der Waals surface area (Å²) in [4.78, 5) is 29.2.